The third-order valence-electron chi connectivity index (χ3n) is 5.04. The van der Waals surface area contributed by atoms with Crippen LogP contribution in [0.5, 0.6) is 0 Å². The molecule has 1 aliphatic rings. The van der Waals surface area contributed by atoms with E-state index in [1.54, 1.807) is 17.4 Å². The summed E-state index contributed by atoms with van der Waals surface area (Å²) in [6.07, 6.45) is 0. The molecule has 0 aliphatic carbocycles. The monoisotopic (exact) mass is 435 g/mol. The molecule has 8 nitrogen and oxygen atoms in total. The van der Waals surface area contributed by atoms with Crippen LogP contribution in [-0.4, -0.2) is 58.8 Å². The normalized spacial score (nSPS) is 17.2. The van der Waals surface area contributed by atoms with Crippen molar-refractivity contribution in [2.75, 3.05) is 26.2 Å². The van der Waals surface area contributed by atoms with Gasteiger partial charge in [-0.25, -0.2) is 18.2 Å². The Labute approximate surface area is 173 Å². The Morgan fingerprint density at radius 3 is 2.45 bits per heavy atom. The largest absolute Gasteiger partial charge is 0.323 e. The fourth-order valence-electron chi connectivity index (χ4n) is 3.40. The highest BCUT2D eigenvalue weighted by molar-refractivity contribution is 7.89. The number of aromatic amines is 2. The second kappa shape index (κ2) is 7.35. The van der Waals surface area contributed by atoms with Gasteiger partial charge in [-0.15, -0.1) is 11.3 Å². The second-order valence-electron chi connectivity index (χ2n) is 8.36. The molecule has 29 heavy (non-hydrogen) atoms. The van der Waals surface area contributed by atoms with Gasteiger partial charge in [0.05, 0.1) is 26.6 Å². The van der Waals surface area contributed by atoms with Gasteiger partial charge in [-0.3, -0.25) is 4.90 Å². The molecule has 2 aromatic heterocycles. The molecule has 2 N–H and O–H groups in total. The average molecular weight is 436 g/mol. The number of fused-ring (bicyclic) bond motifs is 1. The highest BCUT2D eigenvalue weighted by Gasteiger charge is 2.29. The number of sulfonamides is 1. The Morgan fingerprint density at radius 1 is 1.10 bits per heavy atom. The van der Waals surface area contributed by atoms with Crippen molar-refractivity contribution >= 4 is 32.4 Å². The quantitative estimate of drug-likeness (QED) is 0.654. The number of thiazole rings is 1. The summed E-state index contributed by atoms with van der Waals surface area (Å²) in [5, 5.41) is 3.21. The summed E-state index contributed by atoms with van der Waals surface area (Å²) in [7, 11) is -3.60. The first-order valence-electron chi connectivity index (χ1n) is 9.52. The minimum atomic E-state index is -3.60. The first kappa shape index (κ1) is 20.3. The maximum Gasteiger partial charge on any atom is 0.323 e. The summed E-state index contributed by atoms with van der Waals surface area (Å²) >= 11 is 1.68. The van der Waals surface area contributed by atoms with Crippen molar-refractivity contribution in [3.8, 4) is 0 Å². The lowest BCUT2D eigenvalue weighted by Gasteiger charge is -2.33. The van der Waals surface area contributed by atoms with Gasteiger partial charge < -0.3 is 9.97 Å². The Balaban J connectivity index is 1.42. The summed E-state index contributed by atoms with van der Waals surface area (Å²) in [5.41, 5.74) is 1.82. The number of hydrogen-bond acceptors (Lipinski definition) is 6. The van der Waals surface area contributed by atoms with E-state index in [4.69, 9.17) is 4.98 Å². The molecular weight excluding hydrogens is 410 g/mol. The van der Waals surface area contributed by atoms with Crippen molar-refractivity contribution < 1.29 is 8.42 Å². The van der Waals surface area contributed by atoms with Crippen LogP contribution in [-0.2, 0) is 22.0 Å². The number of piperazine rings is 1. The molecule has 3 aromatic rings. The van der Waals surface area contributed by atoms with Crippen LogP contribution >= 0.6 is 11.3 Å². The first-order chi connectivity index (χ1) is 13.6. The molecule has 3 heterocycles. The van der Waals surface area contributed by atoms with Crippen molar-refractivity contribution in [2.45, 2.75) is 37.6 Å². The molecule has 4 rings (SSSR count). The van der Waals surface area contributed by atoms with E-state index >= 15 is 0 Å². The molecule has 0 spiro atoms. The number of hydrogen-bond donors (Lipinski definition) is 2. The lowest BCUT2D eigenvalue weighted by Crippen LogP contribution is -2.48. The molecule has 1 fully saturated rings. The molecule has 1 aromatic carbocycles. The van der Waals surface area contributed by atoms with Gasteiger partial charge in [0.25, 0.3) is 0 Å². The van der Waals surface area contributed by atoms with Crippen molar-refractivity contribution in [2.24, 2.45) is 0 Å². The Hall–Kier alpha value is -2.01. The van der Waals surface area contributed by atoms with E-state index in [2.05, 4.69) is 41.0 Å². The van der Waals surface area contributed by atoms with Gasteiger partial charge in [-0.2, -0.15) is 4.31 Å². The lowest BCUT2D eigenvalue weighted by atomic mass is 9.98. The smallest absolute Gasteiger partial charge is 0.306 e. The van der Waals surface area contributed by atoms with E-state index in [0.717, 1.165) is 17.2 Å². The summed E-state index contributed by atoms with van der Waals surface area (Å²) in [6.45, 7) is 9.37. The zero-order chi connectivity index (χ0) is 20.8. The lowest BCUT2D eigenvalue weighted by molar-refractivity contribution is 0.180. The van der Waals surface area contributed by atoms with Crippen LogP contribution in [0.25, 0.3) is 11.0 Å². The maximum atomic E-state index is 13.0. The van der Waals surface area contributed by atoms with Gasteiger partial charge in [0, 0.05) is 43.5 Å². The number of H-pyrrole nitrogens is 2. The van der Waals surface area contributed by atoms with Crippen LogP contribution in [0, 0.1) is 0 Å². The van der Waals surface area contributed by atoms with Crippen LogP contribution in [0.1, 0.15) is 31.5 Å². The van der Waals surface area contributed by atoms with Gasteiger partial charge in [0.2, 0.25) is 10.0 Å². The fraction of sp³-hybridized carbons (Fsp3) is 0.474. The SMILES string of the molecule is CC(C)(C)c1nc(CN2CCN(S(=O)(=O)c3ccc4[nH]c(=O)[nH]c4c3)CC2)cs1. The molecule has 0 saturated carbocycles. The zero-order valence-corrected chi connectivity index (χ0v) is 18.4. The van der Waals surface area contributed by atoms with Gasteiger partial charge >= 0.3 is 5.69 Å². The zero-order valence-electron chi connectivity index (χ0n) is 16.7. The molecular formula is C19H25N5O3S2. The maximum absolute atomic E-state index is 13.0. The molecule has 1 aliphatic heterocycles. The molecule has 0 atom stereocenters. The van der Waals surface area contributed by atoms with Crippen LogP contribution in [0.4, 0.5) is 0 Å². The van der Waals surface area contributed by atoms with Crippen LogP contribution in [0.3, 0.4) is 0 Å². The third kappa shape index (κ3) is 4.16. The number of imidazole rings is 1. The van der Waals surface area contributed by atoms with Gasteiger partial charge in [-0.1, -0.05) is 20.8 Å². The Bertz CT molecular complexity index is 1180. The van der Waals surface area contributed by atoms with E-state index in [0.29, 0.717) is 37.2 Å². The van der Waals surface area contributed by atoms with Crippen molar-refractivity contribution in [3.05, 3.63) is 44.8 Å². The van der Waals surface area contributed by atoms with E-state index < -0.39 is 10.0 Å². The Kier molecular flexibility index (Phi) is 5.14. The summed E-state index contributed by atoms with van der Waals surface area (Å²) in [6, 6.07) is 4.67. The minimum absolute atomic E-state index is 0.0422. The van der Waals surface area contributed by atoms with E-state index in [1.807, 2.05) is 0 Å². The van der Waals surface area contributed by atoms with Crippen LogP contribution in [0.15, 0.2) is 33.3 Å². The van der Waals surface area contributed by atoms with Gasteiger partial charge in [0.15, 0.2) is 0 Å². The topological polar surface area (TPSA) is 102 Å². The fourth-order valence-corrected chi connectivity index (χ4v) is 5.75. The molecule has 0 amide bonds. The minimum Gasteiger partial charge on any atom is -0.306 e. The van der Waals surface area contributed by atoms with Crippen molar-refractivity contribution in [3.63, 3.8) is 0 Å². The summed E-state index contributed by atoms with van der Waals surface area (Å²) in [5.74, 6) is 0. The predicted molar refractivity (Wildman–Crippen MR) is 114 cm³/mol. The number of benzene rings is 1. The Morgan fingerprint density at radius 2 is 1.79 bits per heavy atom. The van der Waals surface area contributed by atoms with Crippen LogP contribution in [0.2, 0.25) is 0 Å². The van der Waals surface area contributed by atoms with Crippen molar-refractivity contribution in [1.82, 2.24) is 24.2 Å². The predicted octanol–water partition coefficient (Wildman–Crippen LogP) is 2.12. The summed E-state index contributed by atoms with van der Waals surface area (Å²) < 4.78 is 27.5. The highest BCUT2D eigenvalue weighted by atomic mass is 32.2. The molecule has 0 unspecified atom stereocenters. The molecule has 0 radical (unpaired) electrons. The molecule has 10 heteroatoms. The van der Waals surface area contributed by atoms with Gasteiger partial charge in [0.1, 0.15) is 0 Å². The van der Waals surface area contributed by atoms with Gasteiger partial charge in [-0.05, 0) is 18.2 Å². The molecule has 0 bridgehead atoms. The first-order valence-corrected chi connectivity index (χ1v) is 11.8. The molecule has 156 valence electrons. The number of nitrogens with zero attached hydrogens (tertiary/aromatic N) is 3. The van der Waals surface area contributed by atoms with Crippen molar-refractivity contribution in [1.29, 1.82) is 0 Å². The number of rotatable bonds is 4. The second-order valence-corrected chi connectivity index (χ2v) is 11.2. The third-order valence-corrected chi connectivity index (χ3v) is 8.25. The molecule has 1 saturated heterocycles. The standard InChI is InChI=1S/C19H25N5O3S2/c1-19(2,3)17-20-13(12-28-17)11-23-6-8-24(9-7-23)29(26,27)14-4-5-15-16(10-14)22-18(25)21-15/h4-5,10,12H,6-9,11H2,1-3H3,(H2,21,22,25). The number of aromatic nitrogens is 3. The highest BCUT2D eigenvalue weighted by Crippen LogP contribution is 2.26. The number of nitrogens with one attached hydrogen (secondary N) is 2. The van der Waals surface area contributed by atoms with E-state index in [-0.39, 0.29) is 16.0 Å². The van der Waals surface area contributed by atoms with Crippen LogP contribution < -0.4 is 5.69 Å². The summed E-state index contributed by atoms with van der Waals surface area (Å²) in [4.78, 5) is 23.8. The van der Waals surface area contributed by atoms with E-state index in [9.17, 15) is 13.2 Å². The van der Waals surface area contributed by atoms with E-state index in [1.165, 1.54) is 16.4 Å². The average Bonchev–Trinajstić information content (AvgIpc) is 3.26.